The molecule has 0 aliphatic carbocycles. The number of anilines is 1. The zero-order valence-electron chi connectivity index (χ0n) is 18.8. The minimum Gasteiger partial charge on any atom is -0.496 e. The number of benzene rings is 2. The standard InChI is InChI=1S/C24H25N5O4/c1-15-4-6-18(22(10-15)31-3)21-12-17(27-28(21)2)13-33-24(30)25-16-5-7-20-19(11-16)26-23-14-32-9-8-29(20)23/h4-7,10-12H,8-9,13-14H2,1-3H3,(H,25,30). The van der Waals surface area contributed by atoms with Crippen molar-refractivity contribution in [3.05, 3.63) is 59.5 Å². The summed E-state index contributed by atoms with van der Waals surface area (Å²) in [5, 5.41) is 7.24. The molecule has 3 heterocycles. The maximum absolute atomic E-state index is 12.4. The average molecular weight is 447 g/mol. The molecule has 4 aromatic rings. The van der Waals surface area contributed by atoms with E-state index in [9.17, 15) is 4.79 Å². The van der Waals surface area contributed by atoms with Crippen LogP contribution in [0.4, 0.5) is 10.5 Å². The van der Waals surface area contributed by atoms with Gasteiger partial charge in [-0.1, -0.05) is 6.07 Å². The third kappa shape index (κ3) is 4.14. The average Bonchev–Trinajstić information content (AvgIpc) is 3.37. The van der Waals surface area contributed by atoms with Gasteiger partial charge in [-0.25, -0.2) is 9.78 Å². The number of imidazole rings is 1. The van der Waals surface area contributed by atoms with Crippen molar-refractivity contribution in [1.29, 1.82) is 0 Å². The quantitative estimate of drug-likeness (QED) is 0.497. The van der Waals surface area contributed by atoms with Crippen LogP contribution in [-0.4, -0.2) is 39.1 Å². The van der Waals surface area contributed by atoms with Crippen LogP contribution < -0.4 is 10.1 Å². The zero-order valence-corrected chi connectivity index (χ0v) is 18.8. The van der Waals surface area contributed by atoms with Crippen molar-refractivity contribution in [3.8, 4) is 17.0 Å². The third-order valence-corrected chi connectivity index (χ3v) is 5.68. The normalized spacial score (nSPS) is 13.1. The van der Waals surface area contributed by atoms with Crippen LogP contribution >= 0.6 is 0 Å². The van der Waals surface area contributed by atoms with E-state index >= 15 is 0 Å². The minimum atomic E-state index is -0.554. The molecule has 0 saturated carbocycles. The van der Waals surface area contributed by atoms with E-state index in [0.29, 0.717) is 24.6 Å². The van der Waals surface area contributed by atoms with Crippen LogP contribution in [-0.2, 0) is 36.3 Å². The molecule has 1 aliphatic heterocycles. The Morgan fingerprint density at radius 3 is 2.94 bits per heavy atom. The molecule has 1 aliphatic rings. The molecule has 5 rings (SSSR count). The monoisotopic (exact) mass is 447 g/mol. The molecule has 0 spiro atoms. The lowest BCUT2D eigenvalue weighted by atomic mass is 10.1. The lowest BCUT2D eigenvalue weighted by molar-refractivity contribution is 0.0830. The Kier molecular flexibility index (Phi) is 5.47. The number of methoxy groups -OCH3 is 1. The van der Waals surface area contributed by atoms with E-state index in [1.54, 1.807) is 11.8 Å². The van der Waals surface area contributed by atoms with E-state index in [-0.39, 0.29) is 6.61 Å². The molecule has 0 atom stereocenters. The number of fused-ring (bicyclic) bond motifs is 3. The summed E-state index contributed by atoms with van der Waals surface area (Å²) in [4.78, 5) is 17.0. The van der Waals surface area contributed by atoms with E-state index in [4.69, 9.17) is 14.2 Å². The van der Waals surface area contributed by atoms with E-state index in [0.717, 1.165) is 46.0 Å². The fraction of sp³-hybridized carbons (Fsp3) is 0.292. The maximum atomic E-state index is 12.4. The summed E-state index contributed by atoms with van der Waals surface area (Å²) in [6, 6.07) is 13.5. The first kappa shape index (κ1) is 21.0. The lowest BCUT2D eigenvalue weighted by Gasteiger charge is -2.14. The molecule has 170 valence electrons. The van der Waals surface area contributed by atoms with Crippen LogP contribution in [0.3, 0.4) is 0 Å². The molecule has 0 bridgehead atoms. The Morgan fingerprint density at radius 2 is 2.09 bits per heavy atom. The van der Waals surface area contributed by atoms with E-state index < -0.39 is 6.09 Å². The van der Waals surface area contributed by atoms with Gasteiger partial charge in [0.1, 0.15) is 30.5 Å². The van der Waals surface area contributed by atoms with Crippen LogP contribution in [0.25, 0.3) is 22.3 Å². The molecule has 2 aromatic carbocycles. The summed E-state index contributed by atoms with van der Waals surface area (Å²) in [5.41, 5.74) is 6.02. The van der Waals surface area contributed by atoms with Gasteiger partial charge >= 0.3 is 6.09 Å². The molecule has 1 amide bonds. The number of hydrogen-bond acceptors (Lipinski definition) is 6. The lowest BCUT2D eigenvalue weighted by Crippen LogP contribution is -2.16. The molecular formula is C24H25N5O4. The smallest absolute Gasteiger partial charge is 0.412 e. The van der Waals surface area contributed by atoms with Gasteiger partial charge in [0.2, 0.25) is 0 Å². The summed E-state index contributed by atoms with van der Waals surface area (Å²) in [6.07, 6.45) is -0.554. The molecule has 0 radical (unpaired) electrons. The van der Waals surface area contributed by atoms with Gasteiger partial charge in [-0.05, 0) is 48.9 Å². The fourth-order valence-corrected chi connectivity index (χ4v) is 4.09. The van der Waals surface area contributed by atoms with Gasteiger partial charge in [0, 0.05) is 24.8 Å². The van der Waals surface area contributed by atoms with Gasteiger partial charge in [-0.3, -0.25) is 10.00 Å². The Labute approximate surface area is 190 Å². The second-order valence-electron chi connectivity index (χ2n) is 7.99. The molecule has 9 heteroatoms. The first-order valence-electron chi connectivity index (χ1n) is 10.7. The van der Waals surface area contributed by atoms with Gasteiger partial charge < -0.3 is 18.8 Å². The molecule has 2 aromatic heterocycles. The van der Waals surface area contributed by atoms with Gasteiger partial charge in [-0.15, -0.1) is 0 Å². The highest BCUT2D eigenvalue weighted by Gasteiger charge is 2.16. The zero-order chi connectivity index (χ0) is 22.9. The van der Waals surface area contributed by atoms with Crippen molar-refractivity contribution in [2.24, 2.45) is 7.05 Å². The number of rotatable bonds is 5. The van der Waals surface area contributed by atoms with Crippen LogP contribution in [0.15, 0.2) is 42.5 Å². The third-order valence-electron chi connectivity index (χ3n) is 5.68. The van der Waals surface area contributed by atoms with Crippen molar-refractivity contribution in [3.63, 3.8) is 0 Å². The van der Waals surface area contributed by atoms with Crippen molar-refractivity contribution >= 4 is 22.8 Å². The number of ether oxygens (including phenoxy) is 3. The molecular weight excluding hydrogens is 422 g/mol. The van der Waals surface area contributed by atoms with E-state index in [1.807, 2.05) is 56.4 Å². The first-order chi connectivity index (χ1) is 16.0. The second kappa shape index (κ2) is 8.59. The summed E-state index contributed by atoms with van der Waals surface area (Å²) in [7, 11) is 3.50. The Hall–Kier alpha value is -3.85. The number of aromatic nitrogens is 4. The number of nitrogens with zero attached hydrogens (tertiary/aromatic N) is 4. The van der Waals surface area contributed by atoms with Crippen LogP contribution in [0.1, 0.15) is 17.1 Å². The van der Waals surface area contributed by atoms with Gasteiger partial charge in [0.05, 0.1) is 30.4 Å². The number of aryl methyl sites for hydroxylation is 2. The number of carbonyl (C=O) groups excluding carboxylic acids is 1. The highest BCUT2D eigenvalue weighted by Crippen LogP contribution is 2.31. The number of carbonyl (C=O) groups is 1. The van der Waals surface area contributed by atoms with E-state index in [2.05, 4.69) is 20.0 Å². The summed E-state index contributed by atoms with van der Waals surface area (Å²) < 4.78 is 20.3. The molecule has 0 unspecified atom stereocenters. The van der Waals surface area contributed by atoms with Crippen molar-refractivity contribution in [2.75, 3.05) is 19.0 Å². The highest BCUT2D eigenvalue weighted by molar-refractivity contribution is 5.89. The van der Waals surface area contributed by atoms with Crippen molar-refractivity contribution in [2.45, 2.75) is 26.7 Å². The molecule has 9 nitrogen and oxygen atoms in total. The van der Waals surface area contributed by atoms with Crippen LogP contribution in [0, 0.1) is 6.92 Å². The Balaban J connectivity index is 1.26. The molecule has 33 heavy (non-hydrogen) atoms. The predicted octanol–water partition coefficient (Wildman–Crippen LogP) is 4.03. The Morgan fingerprint density at radius 1 is 1.21 bits per heavy atom. The van der Waals surface area contributed by atoms with Gasteiger partial charge in [0.15, 0.2) is 0 Å². The summed E-state index contributed by atoms with van der Waals surface area (Å²) >= 11 is 0. The Bertz CT molecular complexity index is 1340. The minimum absolute atomic E-state index is 0.0478. The topological polar surface area (TPSA) is 92.4 Å². The SMILES string of the molecule is COc1cc(C)ccc1-c1cc(COC(=O)Nc2ccc3c(c2)nc2n3CCOC2)nn1C. The highest BCUT2D eigenvalue weighted by atomic mass is 16.5. The van der Waals surface area contributed by atoms with Crippen LogP contribution in [0.2, 0.25) is 0 Å². The predicted molar refractivity (Wildman–Crippen MR) is 123 cm³/mol. The second-order valence-corrected chi connectivity index (χ2v) is 7.99. The first-order valence-corrected chi connectivity index (χ1v) is 10.7. The molecule has 0 saturated heterocycles. The number of nitrogens with one attached hydrogen (secondary N) is 1. The number of amides is 1. The number of hydrogen-bond donors (Lipinski definition) is 1. The van der Waals surface area contributed by atoms with Crippen LogP contribution in [0.5, 0.6) is 5.75 Å². The van der Waals surface area contributed by atoms with E-state index in [1.165, 1.54) is 0 Å². The largest absolute Gasteiger partial charge is 0.496 e. The molecule has 0 fully saturated rings. The van der Waals surface area contributed by atoms with Gasteiger partial charge in [0.25, 0.3) is 0 Å². The van der Waals surface area contributed by atoms with Gasteiger partial charge in [-0.2, -0.15) is 5.10 Å². The summed E-state index contributed by atoms with van der Waals surface area (Å²) in [6.45, 7) is 4.02. The van der Waals surface area contributed by atoms with Crippen molar-refractivity contribution < 1.29 is 19.0 Å². The maximum Gasteiger partial charge on any atom is 0.412 e. The fourth-order valence-electron chi connectivity index (χ4n) is 4.09. The van der Waals surface area contributed by atoms with Crippen molar-refractivity contribution in [1.82, 2.24) is 19.3 Å². The molecule has 1 N–H and O–H groups in total. The summed E-state index contributed by atoms with van der Waals surface area (Å²) in [5.74, 6) is 1.67.